The number of fused-ring (bicyclic) bond motifs is 1. The van der Waals surface area contributed by atoms with E-state index in [2.05, 4.69) is 15.5 Å². The summed E-state index contributed by atoms with van der Waals surface area (Å²) in [4.78, 5) is 16.2. The Hall–Kier alpha value is -2.38. The van der Waals surface area contributed by atoms with Crippen LogP contribution < -0.4 is 5.43 Å². The maximum absolute atomic E-state index is 11.7. The number of thioether (sulfide) groups is 1. The number of nitrogens with zero attached hydrogens (tertiary/aromatic N) is 2. The molecule has 1 amide bonds. The Labute approximate surface area is 141 Å². The number of carbonyl (C=O) groups excluding carboxylic acids is 1. The first kappa shape index (κ1) is 15.5. The van der Waals surface area contributed by atoms with Crippen molar-refractivity contribution in [2.75, 3.05) is 5.75 Å². The van der Waals surface area contributed by atoms with Gasteiger partial charge < -0.3 is 4.42 Å². The van der Waals surface area contributed by atoms with Crippen LogP contribution in [-0.4, -0.2) is 22.9 Å². The highest BCUT2D eigenvalue weighted by Gasteiger charge is 2.06. The summed E-state index contributed by atoms with van der Waals surface area (Å²) in [7, 11) is 0. The lowest BCUT2D eigenvalue weighted by Crippen LogP contribution is -2.19. The molecule has 1 N–H and O–H groups in total. The van der Waals surface area contributed by atoms with Crippen molar-refractivity contribution < 1.29 is 9.21 Å². The highest BCUT2D eigenvalue weighted by atomic mass is 32.2. The third kappa shape index (κ3) is 4.54. The van der Waals surface area contributed by atoms with E-state index in [1.54, 1.807) is 35.8 Å². The number of furan rings is 1. The number of carbonyl (C=O) groups is 1. The van der Waals surface area contributed by atoms with Crippen LogP contribution in [0.15, 0.2) is 62.6 Å². The third-order valence-corrected chi connectivity index (χ3v) is 4.93. The van der Waals surface area contributed by atoms with Gasteiger partial charge in [-0.1, -0.05) is 23.9 Å². The predicted molar refractivity (Wildman–Crippen MR) is 94.7 cm³/mol. The summed E-state index contributed by atoms with van der Waals surface area (Å²) in [6, 6.07) is 11.6. The van der Waals surface area contributed by atoms with Gasteiger partial charge in [-0.15, -0.1) is 11.3 Å². The molecule has 23 heavy (non-hydrogen) atoms. The molecule has 0 aliphatic heterocycles. The molecule has 3 rings (SSSR count). The van der Waals surface area contributed by atoms with Gasteiger partial charge in [0.25, 0.3) is 5.91 Å². The minimum absolute atomic E-state index is 0.170. The lowest BCUT2D eigenvalue weighted by atomic mass is 10.3. The maximum atomic E-state index is 11.7. The van der Waals surface area contributed by atoms with Crippen molar-refractivity contribution in [3.63, 3.8) is 0 Å². The standard InChI is InChI=1S/C16H13N3O2S2/c20-15(19-17-9-3-5-12-6-4-10-21-12)11-22-16-18-13-7-1-2-8-14(13)23-16/h1-10H,11H2,(H,19,20)/b5-3+,17-9-. The SMILES string of the molecule is O=C(CSc1nc2ccccc2s1)N/N=C\C=C\c1ccco1. The number of nitrogens with one attached hydrogen (secondary N) is 1. The zero-order valence-electron chi connectivity index (χ0n) is 12.0. The summed E-state index contributed by atoms with van der Waals surface area (Å²) in [6.45, 7) is 0. The van der Waals surface area contributed by atoms with Crippen LogP contribution in [0.4, 0.5) is 0 Å². The molecule has 2 heterocycles. The largest absolute Gasteiger partial charge is 0.465 e. The molecule has 0 bridgehead atoms. The van der Waals surface area contributed by atoms with E-state index in [0.29, 0.717) is 0 Å². The van der Waals surface area contributed by atoms with Crippen molar-refractivity contribution in [1.29, 1.82) is 0 Å². The molecule has 116 valence electrons. The van der Waals surface area contributed by atoms with Crippen LogP contribution in [-0.2, 0) is 4.79 Å². The summed E-state index contributed by atoms with van der Waals surface area (Å²) in [5.74, 6) is 0.838. The van der Waals surface area contributed by atoms with Crippen molar-refractivity contribution in [3.8, 4) is 0 Å². The van der Waals surface area contributed by atoms with Crippen molar-refractivity contribution in [1.82, 2.24) is 10.4 Å². The topological polar surface area (TPSA) is 67.5 Å². The minimum Gasteiger partial charge on any atom is -0.465 e. The van der Waals surface area contributed by atoms with Gasteiger partial charge in [-0.3, -0.25) is 4.79 Å². The van der Waals surface area contributed by atoms with E-state index in [4.69, 9.17) is 4.42 Å². The molecule has 0 unspecified atom stereocenters. The second-order valence-corrected chi connectivity index (χ2v) is 6.68. The molecule has 7 heteroatoms. The van der Waals surface area contributed by atoms with Gasteiger partial charge in [-0.05, 0) is 36.4 Å². The first-order valence-electron chi connectivity index (χ1n) is 6.82. The molecular weight excluding hydrogens is 330 g/mol. The smallest absolute Gasteiger partial charge is 0.250 e. The summed E-state index contributed by atoms with van der Waals surface area (Å²) in [5.41, 5.74) is 3.43. The van der Waals surface area contributed by atoms with Crippen LogP contribution >= 0.6 is 23.1 Å². The van der Waals surface area contributed by atoms with Crippen LogP contribution in [0.25, 0.3) is 16.3 Å². The predicted octanol–water partition coefficient (Wildman–Crippen LogP) is 3.80. The lowest BCUT2D eigenvalue weighted by Gasteiger charge is -1.96. The number of amides is 1. The second kappa shape index (κ2) is 7.75. The highest BCUT2D eigenvalue weighted by molar-refractivity contribution is 8.01. The van der Waals surface area contributed by atoms with Crippen LogP contribution in [0.1, 0.15) is 5.76 Å². The van der Waals surface area contributed by atoms with E-state index < -0.39 is 0 Å². The van der Waals surface area contributed by atoms with Gasteiger partial charge in [0.05, 0.1) is 22.2 Å². The molecular formula is C16H13N3O2S2. The number of hydrogen-bond acceptors (Lipinski definition) is 6. The number of thiazole rings is 1. The Bertz CT molecular complexity index is 805. The van der Waals surface area contributed by atoms with Gasteiger partial charge >= 0.3 is 0 Å². The quantitative estimate of drug-likeness (QED) is 0.420. The first-order chi connectivity index (χ1) is 11.3. The van der Waals surface area contributed by atoms with Crippen molar-refractivity contribution in [2.24, 2.45) is 5.10 Å². The normalized spacial score (nSPS) is 11.7. The Morgan fingerprint density at radius 1 is 1.35 bits per heavy atom. The fourth-order valence-corrected chi connectivity index (χ4v) is 3.61. The van der Waals surface area contributed by atoms with E-state index in [9.17, 15) is 4.79 Å². The molecule has 0 saturated carbocycles. The summed E-state index contributed by atoms with van der Waals surface area (Å²) in [5, 5.41) is 3.84. The van der Waals surface area contributed by atoms with Gasteiger partial charge in [0.1, 0.15) is 5.76 Å². The van der Waals surface area contributed by atoms with Gasteiger partial charge in [0, 0.05) is 6.21 Å². The molecule has 0 fully saturated rings. The van der Waals surface area contributed by atoms with Crippen LogP contribution in [0.5, 0.6) is 0 Å². The number of aromatic nitrogens is 1. The Morgan fingerprint density at radius 2 is 2.26 bits per heavy atom. The Morgan fingerprint density at radius 3 is 3.09 bits per heavy atom. The fourth-order valence-electron chi connectivity index (χ4n) is 1.75. The number of para-hydroxylation sites is 1. The van der Waals surface area contributed by atoms with Crippen molar-refractivity contribution in [3.05, 3.63) is 54.5 Å². The van der Waals surface area contributed by atoms with Gasteiger partial charge in [0.2, 0.25) is 0 Å². The molecule has 0 spiro atoms. The third-order valence-electron chi connectivity index (χ3n) is 2.75. The monoisotopic (exact) mass is 343 g/mol. The molecule has 0 atom stereocenters. The van der Waals surface area contributed by atoms with Crippen molar-refractivity contribution >= 4 is 51.5 Å². The van der Waals surface area contributed by atoms with E-state index in [0.717, 1.165) is 20.3 Å². The molecule has 0 radical (unpaired) electrons. The number of benzene rings is 1. The first-order valence-corrected chi connectivity index (χ1v) is 8.62. The van der Waals surface area contributed by atoms with Gasteiger partial charge in [-0.2, -0.15) is 5.10 Å². The zero-order valence-corrected chi connectivity index (χ0v) is 13.6. The summed E-state index contributed by atoms with van der Waals surface area (Å²) in [6.07, 6.45) is 6.55. The van der Waals surface area contributed by atoms with Crippen LogP contribution in [0.3, 0.4) is 0 Å². The van der Waals surface area contributed by atoms with Crippen LogP contribution in [0.2, 0.25) is 0 Å². The summed E-state index contributed by atoms with van der Waals surface area (Å²) >= 11 is 2.99. The average molecular weight is 343 g/mol. The second-order valence-electron chi connectivity index (χ2n) is 4.42. The molecule has 0 saturated heterocycles. The number of allylic oxidation sites excluding steroid dienone is 1. The number of hydrogen-bond donors (Lipinski definition) is 1. The van der Waals surface area contributed by atoms with E-state index in [1.165, 1.54) is 18.0 Å². The summed E-state index contributed by atoms with van der Waals surface area (Å²) < 4.78 is 7.13. The minimum atomic E-state index is -0.170. The maximum Gasteiger partial charge on any atom is 0.250 e. The molecule has 1 aromatic carbocycles. The number of rotatable bonds is 6. The average Bonchev–Trinajstić information content (AvgIpc) is 3.21. The lowest BCUT2D eigenvalue weighted by molar-refractivity contribution is -0.118. The van der Waals surface area contributed by atoms with E-state index >= 15 is 0 Å². The Kier molecular flexibility index (Phi) is 5.23. The molecule has 0 aliphatic carbocycles. The zero-order chi connectivity index (χ0) is 15.9. The van der Waals surface area contributed by atoms with Gasteiger partial charge in [0.15, 0.2) is 4.34 Å². The van der Waals surface area contributed by atoms with Crippen molar-refractivity contribution in [2.45, 2.75) is 4.34 Å². The van der Waals surface area contributed by atoms with E-state index in [1.807, 2.05) is 30.3 Å². The number of hydrazone groups is 1. The van der Waals surface area contributed by atoms with E-state index in [-0.39, 0.29) is 11.7 Å². The molecule has 2 aromatic heterocycles. The Balaban J connectivity index is 1.44. The molecule has 0 aliphatic rings. The highest BCUT2D eigenvalue weighted by Crippen LogP contribution is 2.28. The van der Waals surface area contributed by atoms with Gasteiger partial charge in [-0.25, -0.2) is 10.4 Å². The molecule has 5 nitrogen and oxygen atoms in total. The molecule has 3 aromatic rings. The van der Waals surface area contributed by atoms with Crippen LogP contribution in [0, 0.1) is 0 Å². The fraction of sp³-hybridized carbons (Fsp3) is 0.0625.